The maximum Gasteiger partial charge on any atom is 0.0558 e. The normalized spacial score (nSPS) is 11.2. The van der Waals surface area contributed by atoms with E-state index in [-0.39, 0.29) is 13.2 Å². The van der Waals surface area contributed by atoms with Gasteiger partial charge in [-0.2, -0.15) is 0 Å². The van der Waals surface area contributed by atoms with E-state index in [0.717, 1.165) is 32.7 Å². The van der Waals surface area contributed by atoms with E-state index in [1.165, 1.54) is 0 Å². The van der Waals surface area contributed by atoms with E-state index in [1.807, 2.05) is 4.90 Å². The summed E-state index contributed by atoms with van der Waals surface area (Å²) in [7, 11) is 0. The molecule has 6 nitrogen and oxygen atoms in total. The van der Waals surface area contributed by atoms with E-state index >= 15 is 0 Å². The summed E-state index contributed by atoms with van der Waals surface area (Å²) in [5.41, 5.74) is 5.34. The smallest absolute Gasteiger partial charge is 0.0558 e. The molecular weight excluding hydrogens is 208 g/mol. The monoisotopic (exact) mass is 234 g/mol. The van der Waals surface area contributed by atoms with Crippen molar-refractivity contribution < 1.29 is 10.2 Å². The number of nitrogens with one attached hydrogen (secondary N) is 2. The highest BCUT2D eigenvalue weighted by molar-refractivity contribution is 4.59. The molecule has 0 heterocycles. The van der Waals surface area contributed by atoms with E-state index in [2.05, 4.69) is 10.6 Å². The van der Waals surface area contributed by atoms with Crippen LogP contribution in [0.1, 0.15) is 0 Å². The van der Waals surface area contributed by atoms with Crippen LogP contribution in [0.2, 0.25) is 0 Å². The molecule has 0 amide bonds. The van der Waals surface area contributed by atoms with Crippen LogP contribution in [-0.2, 0) is 0 Å². The molecule has 0 radical (unpaired) electrons. The molecule has 98 valence electrons. The largest absolute Gasteiger partial charge is 0.395 e. The summed E-state index contributed by atoms with van der Waals surface area (Å²) in [6.45, 7) is 6.56. The van der Waals surface area contributed by atoms with Crippen molar-refractivity contribution in [2.24, 2.45) is 5.73 Å². The van der Waals surface area contributed by atoms with Crippen molar-refractivity contribution in [1.82, 2.24) is 15.5 Å². The summed E-state index contributed by atoms with van der Waals surface area (Å²) in [5, 5.41) is 24.1. The molecule has 0 rings (SSSR count). The second-order valence-electron chi connectivity index (χ2n) is 3.58. The van der Waals surface area contributed by atoms with Crippen molar-refractivity contribution in [2.75, 3.05) is 65.6 Å². The molecule has 6 heteroatoms. The van der Waals surface area contributed by atoms with Crippen molar-refractivity contribution in [3.05, 3.63) is 0 Å². The molecule has 0 bridgehead atoms. The second kappa shape index (κ2) is 12.8. The number of hydrogen-bond donors (Lipinski definition) is 5. The first-order chi connectivity index (χ1) is 7.85. The standard InChI is InChI=1S/C10H26N4O2/c11-1-2-12-3-4-13-5-6-14(7-9-15)8-10-16/h12-13,15-16H,1-11H2. The molecule has 0 unspecified atom stereocenters. The average molecular weight is 234 g/mol. The van der Waals surface area contributed by atoms with Crippen LogP contribution in [0.5, 0.6) is 0 Å². The molecule has 0 aromatic heterocycles. The van der Waals surface area contributed by atoms with Gasteiger partial charge in [0, 0.05) is 52.4 Å². The van der Waals surface area contributed by atoms with Gasteiger partial charge >= 0.3 is 0 Å². The third-order valence-corrected chi connectivity index (χ3v) is 2.24. The number of aliphatic hydroxyl groups excluding tert-OH is 2. The van der Waals surface area contributed by atoms with E-state index in [4.69, 9.17) is 15.9 Å². The van der Waals surface area contributed by atoms with Gasteiger partial charge in [-0.1, -0.05) is 0 Å². The third kappa shape index (κ3) is 10.3. The minimum Gasteiger partial charge on any atom is -0.395 e. The Kier molecular flexibility index (Phi) is 12.6. The van der Waals surface area contributed by atoms with Crippen LogP contribution in [0.4, 0.5) is 0 Å². The predicted molar refractivity (Wildman–Crippen MR) is 65.4 cm³/mol. The van der Waals surface area contributed by atoms with E-state index < -0.39 is 0 Å². The number of aliphatic hydroxyl groups is 2. The zero-order valence-electron chi connectivity index (χ0n) is 9.99. The predicted octanol–water partition coefficient (Wildman–Crippen LogP) is -2.59. The van der Waals surface area contributed by atoms with Gasteiger partial charge in [-0.3, -0.25) is 4.90 Å². The lowest BCUT2D eigenvalue weighted by atomic mass is 10.4. The Morgan fingerprint density at radius 2 is 1.38 bits per heavy atom. The molecule has 0 saturated carbocycles. The van der Waals surface area contributed by atoms with E-state index in [9.17, 15) is 0 Å². The van der Waals surface area contributed by atoms with Crippen LogP contribution in [0.3, 0.4) is 0 Å². The maximum absolute atomic E-state index is 8.80. The zero-order chi connectivity index (χ0) is 12.1. The van der Waals surface area contributed by atoms with Crippen molar-refractivity contribution in [1.29, 1.82) is 0 Å². The van der Waals surface area contributed by atoms with Gasteiger partial charge in [0.05, 0.1) is 13.2 Å². The van der Waals surface area contributed by atoms with Gasteiger partial charge in [-0.15, -0.1) is 0 Å². The molecule has 6 N–H and O–H groups in total. The van der Waals surface area contributed by atoms with Gasteiger partial charge in [0.2, 0.25) is 0 Å². The average Bonchev–Trinajstić information content (AvgIpc) is 2.28. The van der Waals surface area contributed by atoms with Gasteiger partial charge in [0.1, 0.15) is 0 Å². The van der Waals surface area contributed by atoms with Crippen LogP contribution >= 0.6 is 0 Å². The Balaban J connectivity index is 3.25. The first kappa shape index (κ1) is 15.8. The van der Waals surface area contributed by atoms with Crippen molar-refractivity contribution in [2.45, 2.75) is 0 Å². The Bertz CT molecular complexity index is 132. The Morgan fingerprint density at radius 3 is 1.88 bits per heavy atom. The van der Waals surface area contributed by atoms with Crippen LogP contribution in [-0.4, -0.2) is 80.7 Å². The summed E-state index contributed by atoms with van der Waals surface area (Å²) in [6.07, 6.45) is 0. The lowest BCUT2D eigenvalue weighted by Gasteiger charge is -2.20. The fourth-order valence-corrected chi connectivity index (χ4v) is 1.38. The molecule has 0 aromatic carbocycles. The quantitative estimate of drug-likeness (QED) is 0.238. The van der Waals surface area contributed by atoms with Gasteiger partial charge in [0.15, 0.2) is 0 Å². The molecule has 0 atom stereocenters. The maximum atomic E-state index is 8.80. The third-order valence-electron chi connectivity index (χ3n) is 2.24. The van der Waals surface area contributed by atoms with Crippen LogP contribution in [0.25, 0.3) is 0 Å². The molecule has 0 aliphatic rings. The fourth-order valence-electron chi connectivity index (χ4n) is 1.38. The minimum atomic E-state index is 0.137. The lowest BCUT2D eigenvalue weighted by molar-refractivity contribution is 0.161. The summed E-state index contributed by atoms with van der Waals surface area (Å²) < 4.78 is 0. The molecule has 0 aliphatic carbocycles. The van der Waals surface area contributed by atoms with Crippen LogP contribution in [0.15, 0.2) is 0 Å². The molecule has 0 spiro atoms. The summed E-state index contributed by atoms with van der Waals surface area (Å²) in [4.78, 5) is 2.03. The van der Waals surface area contributed by atoms with E-state index in [1.54, 1.807) is 0 Å². The SMILES string of the molecule is NCCNCCNCCN(CCO)CCO. The number of nitrogens with two attached hydrogens (primary N) is 1. The highest BCUT2D eigenvalue weighted by Crippen LogP contribution is 1.84. The molecular formula is C10H26N4O2. The molecule has 16 heavy (non-hydrogen) atoms. The van der Waals surface area contributed by atoms with Crippen LogP contribution < -0.4 is 16.4 Å². The molecule has 0 aliphatic heterocycles. The first-order valence-electron chi connectivity index (χ1n) is 5.90. The first-order valence-corrected chi connectivity index (χ1v) is 5.90. The van der Waals surface area contributed by atoms with Gasteiger partial charge in [-0.25, -0.2) is 0 Å². The topological polar surface area (TPSA) is 93.8 Å². The molecule has 0 saturated heterocycles. The van der Waals surface area contributed by atoms with E-state index in [0.29, 0.717) is 19.6 Å². The summed E-state index contributed by atoms with van der Waals surface area (Å²) in [5.74, 6) is 0. The summed E-state index contributed by atoms with van der Waals surface area (Å²) in [6, 6.07) is 0. The van der Waals surface area contributed by atoms with Crippen molar-refractivity contribution in [3.8, 4) is 0 Å². The Labute approximate surface area is 97.8 Å². The van der Waals surface area contributed by atoms with Crippen molar-refractivity contribution >= 4 is 0 Å². The lowest BCUT2D eigenvalue weighted by Crippen LogP contribution is -2.38. The minimum absolute atomic E-state index is 0.137. The fraction of sp³-hybridized carbons (Fsp3) is 1.00. The highest BCUT2D eigenvalue weighted by atomic mass is 16.3. The zero-order valence-corrected chi connectivity index (χ0v) is 9.99. The number of rotatable bonds is 12. The Hall–Kier alpha value is -0.240. The van der Waals surface area contributed by atoms with Gasteiger partial charge in [-0.05, 0) is 0 Å². The Morgan fingerprint density at radius 1 is 0.812 bits per heavy atom. The highest BCUT2D eigenvalue weighted by Gasteiger charge is 2.01. The van der Waals surface area contributed by atoms with Crippen molar-refractivity contribution in [3.63, 3.8) is 0 Å². The molecule has 0 fully saturated rings. The summed E-state index contributed by atoms with van der Waals surface area (Å²) >= 11 is 0. The van der Waals surface area contributed by atoms with Crippen LogP contribution in [0, 0.1) is 0 Å². The number of nitrogens with zero attached hydrogens (tertiary/aromatic N) is 1. The second-order valence-corrected chi connectivity index (χ2v) is 3.58. The number of hydrogen-bond acceptors (Lipinski definition) is 6. The van der Waals surface area contributed by atoms with Gasteiger partial charge in [0.25, 0.3) is 0 Å². The molecule has 0 aromatic rings. The van der Waals surface area contributed by atoms with Gasteiger partial charge < -0.3 is 26.6 Å².